The minimum Gasteiger partial charge on any atom is -0.371 e. The van der Waals surface area contributed by atoms with Gasteiger partial charge in [0.1, 0.15) is 5.82 Å². The Bertz CT molecular complexity index is 381. The first kappa shape index (κ1) is 13.3. The molecule has 1 aromatic carbocycles. The van der Waals surface area contributed by atoms with Crippen LogP contribution in [-0.4, -0.2) is 25.2 Å². The van der Waals surface area contributed by atoms with Gasteiger partial charge >= 0.3 is 0 Å². The Labute approximate surface area is 109 Å². The summed E-state index contributed by atoms with van der Waals surface area (Å²) in [5.41, 5.74) is 1.01. The molecule has 0 amide bonds. The van der Waals surface area contributed by atoms with Crippen molar-refractivity contribution in [2.24, 2.45) is 0 Å². The van der Waals surface area contributed by atoms with E-state index >= 15 is 0 Å². The normalized spacial score (nSPS) is 25.6. The highest BCUT2D eigenvalue weighted by molar-refractivity contribution is 5.46. The molecule has 2 nitrogen and oxygen atoms in total. The number of nitrogens with one attached hydrogen (secondary N) is 1. The molecule has 2 unspecified atom stereocenters. The first-order chi connectivity index (χ1) is 8.69. The standard InChI is InChI=1S/C15H23FN2/c1-3-14-8-10-18(9-7-12(2)17-14)15-6-4-5-13(16)11-15/h4-6,11-12,14,17H,3,7-10H2,1-2H3. The first-order valence-electron chi connectivity index (χ1n) is 6.95. The molecule has 1 aliphatic rings. The zero-order chi connectivity index (χ0) is 13.0. The molecule has 1 aromatic rings. The second-order valence-electron chi connectivity index (χ2n) is 5.22. The summed E-state index contributed by atoms with van der Waals surface area (Å²) in [7, 11) is 0. The number of hydrogen-bond donors (Lipinski definition) is 1. The average molecular weight is 250 g/mol. The van der Waals surface area contributed by atoms with Crippen molar-refractivity contribution in [3.63, 3.8) is 0 Å². The molecule has 3 heteroatoms. The van der Waals surface area contributed by atoms with Crippen LogP contribution in [0.3, 0.4) is 0 Å². The van der Waals surface area contributed by atoms with Crippen LogP contribution in [0, 0.1) is 5.82 Å². The zero-order valence-electron chi connectivity index (χ0n) is 11.3. The zero-order valence-corrected chi connectivity index (χ0v) is 11.3. The molecule has 1 fully saturated rings. The Morgan fingerprint density at radius 1 is 1.33 bits per heavy atom. The van der Waals surface area contributed by atoms with Gasteiger partial charge in [0.2, 0.25) is 0 Å². The van der Waals surface area contributed by atoms with Gasteiger partial charge in [0, 0.05) is 30.9 Å². The van der Waals surface area contributed by atoms with Crippen LogP contribution in [0.15, 0.2) is 24.3 Å². The van der Waals surface area contributed by atoms with Crippen LogP contribution in [0.5, 0.6) is 0 Å². The lowest BCUT2D eigenvalue weighted by Gasteiger charge is -2.33. The molecule has 1 aliphatic heterocycles. The molecule has 0 radical (unpaired) electrons. The van der Waals surface area contributed by atoms with E-state index in [4.69, 9.17) is 0 Å². The molecule has 100 valence electrons. The van der Waals surface area contributed by atoms with Crippen molar-refractivity contribution in [3.05, 3.63) is 30.1 Å². The van der Waals surface area contributed by atoms with Crippen LogP contribution >= 0.6 is 0 Å². The third-order valence-electron chi connectivity index (χ3n) is 3.77. The quantitative estimate of drug-likeness (QED) is 0.867. The maximum absolute atomic E-state index is 13.3. The van der Waals surface area contributed by atoms with Crippen molar-refractivity contribution in [2.75, 3.05) is 18.0 Å². The lowest BCUT2D eigenvalue weighted by Crippen LogP contribution is -2.44. The summed E-state index contributed by atoms with van der Waals surface area (Å²) in [6.45, 7) is 6.45. The summed E-state index contributed by atoms with van der Waals surface area (Å²) < 4.78 is 13.3. The highest BCUT2D eigenvalue weighted by atomic mass is 19.1. The SMILES string of the molecule is CCC1CCN(c2cccc(F)c2)CCC(C)N1. The van der Waals surface area contributed by atoms with E-state index in [2.05, 4.69) is 24.1 Å². The maximum Gasteiger partial charge on any atom is 0.125 e. The Morgan fingerprint density at radius 2 is 2.11 bits per heavy atom. The molecule has 2 atom stereocenters. The van der Waals surface area contributed by atoms with E-state index in [0.717, 1.165) is 38.0 Å². The summed E-state index contributed by atoms with van der Waals surface area (Å²) in [4.78, 5) is 2.31. The number of anilines is 1. The molecule has 0 bridgehead atoms. The number of nitrogens with zero attached hydrogens (tertiary/aromatic N) is 1. The van der Waals surface area contributed by atoms with Crippen LogP contribution in [-0.2, 0) is 0 Å². The molecular formula is C15H23FN2. The van der Waals surface area contributed by atoms with E-state index in [1.54, 1.807) is 12.1 Å². The van der Waals surface area contributed by atoms with Crippen molar-refractivity contribution < 1.29 is 4.39 Å². The highest BCUT2D eigenvalue weighted by Gasteiger charge is 2.17. The fourth-order valence-corrected chi connectivity index (χ4v) is 2.59. The van der Waals surface area contributed by atoms with Gasteiger partial charge in [-0.1, -0.05) is 13.0 Å². The van der Waals surface area contributed by atoms with Gasteiger partial charge in [-0.05, 0) is 44.4 Å². The third kappa shape index (κ3) is 3.45. The van der Waals surface area contributed by atoms with Crippen LogP contribution in [0.4, 0.5) is 10.1 Å². The fraction of sp³-hybridized carbons (Fsp3) is 0.600. The van der Waals surface area contributed by atoms with E-state index in [0.29, 0.717) is 12.1 Å². The second-order valence-corrected chi connectivity index (χ2v) is 5.22. The summed E-state index contributed by atoms with van der Waals surface area (Å²) in [6.07, 6.45) is 3.38. The van der Waals surface area contributed by atoms with E-state index < -0.39 is 0 Å². The highest BCUT2D eigenvalue weighted by Crippen LogP contribution is 2.19. The summed E-state index contributed by atoms with van der Waals surface area (Å²) in [6, 6.07) is 8.06. The van der Waals surface area contributed by atoms with Gasteiger partial charge in [0.25, 0.3) is 0 Å². The molecule has 2 rings (SSSR count). The summed E-state index contributed by atoms with van der Waals surface area (Å²) >= 11 is 0. The lowest BCUT2D eigenvalue weighted by atomic mass is 10.1. The van der Waals surface area contributed by atoms with Crippen molar-refractivity contribution >= 4 is 5.69 Å². The van der Waals surface area contributed by atoms with E-state index in [9.17, 15) is 4.39 Å². The summed E-state index contributed by atoms with van der Waals surface area (Å²) in [5.74, 6) is -0.146. The smallest absolute Gasteiger partial charge is 0.125 e. The van der Waals surface area contributed by atoms with Gasteiger partial charge in [0.15, 0.2) is 0 Å². The van der Waals surface area contributed by atoms with E-state index in [-0.39, 0.29) is 5.82 Å². The van der Waals surface area contributed by atoms with Crippen molar-refractivity contribution in [1.82, 2.24) is 5.32 Å². The Hall–Kier alpha value is -1.09. The Kier molecular flexibility index (Phi) is 4.59. The number of halogens is 1. The summed E-state index contributed by atoms with van der Waals surface area (Å²) in [5, 5.41) is 3.65. The largest absolute Gasteiger partial charge is 0.371 e. The number of hydrogen-bond acceptors (Lipinski definition) is 2. The van der Waals surface area contributed by atoms with Crippen molar-refractivity contribution in [2.45, 2.75) is 45.2 Å². The van der Waals surface area contributed by atoms with Crippen LogP contribution in [0.2, 0.25) is 0 Å². The van der Waals surface area contributed by atoms with Crippen LogP contribution in [0.1, 0.15) is 33.1 Å². The van der Waals surface area contributed by atoms with Gasteiger partial charge < -0.3 is 10.2 Å². The molecule has 1 N–H and O–H groups in total. The topological polar surface area (TPSA) is 15.3 Å². The average Bonchev–Trinajstić information content (AvgIpc) is 2.34. The second kappa shape index (κ2) is 6.19. The molecule has 0 aliphatic carbocycles. The minimum atomic E-state index is -0.146. The lowest BCUT2D eigenvalue weighted by molar-refractivity contribution is 0.378. The molecular weight excluding hydrogens is 227 g/mol. The fourth-order valence-electron chi connectivity index (χ4n) is 2.59. The molecule has 1 heterocycles. The van der Waals surface area contributed by atoms with Gasteiger partial charge in [-0.3, -0.25) is 0 Å². The minimum absolute atomic E-state index is 0.146. The Morgan fingerprint density at radius 3 is 2.83 bits per heavy atom. The number of rotatable bonds is 2. The third-order valence-corrected chi connectivity index (χ3v) is 3.77. The predicted octanol–water partition coefficient (Wildman–Crippen LogP) is 3.18. The van der Waals surface area contributed by atoms with Gasteiger partial charge in [-0.15, -0.1) is 0 Å². The molecule has 0 spiro atoms. The molecule has 1 saturated heterocycles. The number of benzene rings is 1. The van der Waals surface area contributed by atoms with Crippen LogP contribution in [0.25, 0.3) is 0 Å². The molecule has 0 saturated carbocycles. The Balaban J connectivity index is 2.08. The van der Waals surface area contributed by atoms with E-state index in [1.165, 1.54) is 6.07 Å². The van der Waals surface area contributed by atoms with E-state index in [1.807, 2.05) is 6.07 Å². The van der Waals surface area contributed by atoms with Crippen LogP contribution < -0.4 is 10.2 Å². The van der Waals surface area contributed by atoms with Gasteiger partial charge in [-0.25, -0.2) is 4.39 Å². The monoisotopic (exact) mass is 250 g/mol. The predicted molar refractivity (Wildman–Crippen MR) is 74.5 cm³/mol. The first-order valence-corrected chi connectivity index (χ1v) is 6.95. The molecule has 18 heavy (non-hydrogen) atoms. The maximum atomic E-state index is 13.3. The van der Waals surface area contributed by atoms with Crippen molar-refractivity contribution in [3.8, 4) is 0 Å². The van der Waals surface area contributed by atoms with Gasteiger partial charge in [-0.2, -0.15) is 0 Å². The van der Waals surface area contributed by atoms with Crippen molar-refractivity contribution in [1.29, 1.82) is 0 Å². The van der Waals surface area contributed by atoms with Gasteiger partial charge in [0.05, 0.1) is 0 Å². The molecule has 0 aromatic heterocycles.